The van der Waals surface area contributed by atoms with E-state index in [0.717, 1.165) is 11.1 Å². The Bertz CT molecular complexity index is 604. The van der Waals surface area contributed by atoms with Gasteiger partial charge in [-0.05, 0) is 23.8 Å². The number of ether oxygens (including phenoxy) is 3. The molecule has 112 valence electrons. The van der Waals surface area contributed by atoms with Crippen LogP contribution >= 0.6 is 0 Å². The van der Waals surface area contributed by atoms with Crippen molar-refractivity contribution in [1.82, 2.24) is 10.4 Å². The second-order valence-electron chi connectivity index (χ2n) is 4.32. The van der Waals surface area contributed by atoms with Crippen LogP contribution in [0.3, 0.4) is 0 Å². The normalized spacial score (nSPS) is 11.8. The lowest BCUT2D eigenvalue weighted by atomic mass is 9.99. The molecule has 1 aromatic heterocycles. The number of pyridine rings is 1. The van der Waals surface area contributed by atoms with E-state index in [1.54, 1.807) is 27.5 Å². The number of nitrogens with zero attached hydrogens (tertiary/aromatic N) is 1. The zero-order chi connectivity index (χ0) is 15.2. The van der Waals surface area contributed by atoms with Crippen LogP contribution in [0.25, 0.3) is 0 Å². The molecule has 21 heavy (non-hydrogen) atoms. The molecule has 0 aliphatic rings. The van der Waals surface area contributed by atoms with Gasteiger partial charge in [0.2, 0.25) is 5.88 Å². The van der Waals surface area contributed by atoms with Crippen LogP contribution in [0.2, 0.25) is 0 Å². The molecule has 3 N–H and O–H groups in total. The number of nitrogens with two attached hydrogens (primary N) is 1. The first kappa shape index (κ1) is 15.1. The molecule has 0 saturated carbocycles. The maximum atomic E-state index is 5.72. The van der Waals surface area contributed by atoms with Crippen molar-refractivity contribution in [2.45, 2.75) is 6.04 Å². The lowest BCUT2D eigenvalue weighted by molar-refractivity contribution is 0.354. The number of hydrogen-bond acceptors (Lipinski definition) is 6. The van der Waals surface area contributed by atoms with Crippen LogP contribution < -0.4 is 25.5 Å². The van der Waals surface area contributed by atoms with Crippen molar-refractivity contribution >= 4 is 0 Å². The predicted octanol–water partition coefficient (Wildman–Crippen LogP) is 1.66. The lowest BCUT2D eigenvalue weighted by Gasteiger charge is -2.20. The molecule has 0 aliphatic heterocycles. The third-order valence-corrected chi connectivity index (χ3v) is 3.21. The Balaban J connectivity index is 2.46. The third kappa shape index (κ3) is 3.07. The quantitative estimate of drug-likeness (QED) is 0.622. The summed E-state index contributed by atoms with van der Waals surface area (Å²) in [6.07, 6.45) is 1.67. The summed E-state index contributed by atoms with van der Waals surface area (Å²) in [4.78, 5) is 4.19. The molecule has 0 spiro atoms. The first-order valence-corrected chi connectivity index (χ1v) is 6.42. The van der Waals surface area contributed by atoms with Gasteiger partial charge in [-0.25, -0.2) is 10.4 Å². The fourth-order valence-corrected chi connectivity index (χ4v) is 2.19. The summed E-state index contributed by atoms with van der Waals surface area (Å²) in [5, 5.41) is 0. The van der Waals surface area contributed by atoms with Crippen molar-refractivity contribution in [1.29, 1.82) is 0 Å². The Morgan fingerprint density at radius 3 is 2.43 bits per heavy atom. The van der Waals surface area contributed by atoms with Gasteiger partial charge in [0.1, 0.15) is 0 Å². The first-order valence-electron chi connectivity index (χ1n) is 6.42. The minimum absolute atomic E-state index is 0.270. The van der Waals surface area contributed by atoms with Gasteiger partial charge in [-0.2, -0.15) is 0 Å². The van der Waals surface area contributed by atoms with Crippen molar-refractivity contribution in [3.8, 4) is 17.4 Å². The van der Waals surface area contributed by atoms with Crippen LogP contribution in [-0.2, 0) is 0 Å². The van der Waals surface area contributed by atoms with Gasteiger partial charge >= 0.3 is 0 Å². The fraction of sp³-hybridized carbons (Fsp3) is 0.267. The van der Waals surface area contributed by atoms with Crippen LogP contribution in [0.5, 0.6) is 17.4 Å². The minimum atomic E-state index is -0.270. The molecule has 1 unspecified atom stereocenters. The number of aromatic nitrogens is 1. The van der Waals surface area contributed by atoms with Gasteiger partial charge in [-0.1, -0.05) is 12.1 Å². The molecule has 0 saturated heterocycles. The van der Waals surface area contributed by atoms with E-state index in [9.17, 15) is 0 Å². The standard InChI is InChI=1S/C15H19N3O3/c1-19-12-7-6-10(9-13(12)20-2)14(18-16)11-5-4-8-17-15(11)21-3/h4-9,14,18H,16H2,1-3H3. The molecule has 2 aromatic rings. The maximum Gasteiger partial charge on any atom is 0.218 e. The largest absolute Gasteiger partial charge is 0.493 e. The number of benzene rings is 1. The molecule has 1 aromatic carbocycles. The van der Waals surface area contributed by atoms with Crippen LogP contribution in [0.1, 0.15) is 17.2 Å². The average Bonchev–Trinajstić information content (AvgIpc) is 2.55. The highest BCUT2D eigenvalue weighted by Gasteiger charge is 2.19. The van der Waals surface area contributed by atoms with Gasteiger partial charge in [-0.3, -0.25) is 5.84 Å². The zero-order valence-electron chi connectivity index (χ0n) is 12.3. The molecule has 0 aliphatic carbocycles. The predicted molar refractivity (Wildman–Crippen MR) is 79.5 cm³/mol. The van der Waals surface area contributed by atoms with E-state index < -0.39 is 0 Å². The number of methoxy groups -OCH3 is 3. The maximum absolute atomic E-state index is 5.72. The Labute approximate surface area is 123 Å². The molecule has 6 nitrogen and oxygen atoms in total. The first-order chi connectivity index (χ1) is 10.2. The molecular formula is C15H19N3O3. The van der Waals surface area contributed by atoms with Crippen molar-refractivity contribution in [3.63, 3.8) is 0 Å². The van der Waals surface area contributed by atoms with Gasteiger partial charge in [-0.15, -0.1) is 0 Å². The van der Waals surface area contributed by atoms with E-state index in [-0.39, 0.29) is 6.04 Å². The highest BCUT2D eigenvalue weighted by Crippen LogP contribution is 2.33. The van der Waals surface area contributed by atoms with Gasteiger partial charge in [0.25, 0.3) is 0 Å². The number of nitrogens with one attached hydrogen (secondary N) is 1. The fourth-order valence-electron chi connectivity index (χ4n) is 2.19. The van der Waals surface area contributed by atoms with Gasteiger partial charge in [0, 0.05) is 11.8 Å². The van der Waals surface area contributed by atoms with Crippen molar-refractivity contribution in [3.05, 3.63) is 47.7 Å². The van der Waals surface area contributed by atoms with Crippen molar-refractivity contribution < 1.29 is 14.2 Å². The smallest absolute Gasteiger partial charge is 0.218 e. The summed E-state index contributed by atoms with van der Waals surface area (Å²) in [6.45, 7) is 0. The van der Waals surface area contributed by atoms with Crippen LogP contribution in [0, 0.1) is 0 Å². The summed E-state index contributed by atoms with van der Waals surface area (Å²) >= 11 is 0. The SMILES string of the molecule is COc1ccc(C(NN)c2cccnc2OC)cc1OC. The number of hydrazine groups is 1. The van der Waals surface area contributed by atoms with Gasteiger partial charge in [0.05, 0.1) is 27.4 Å². The second-order valence-corrected chi connectivity index (χ2v) is 4.32. The van der Waals surface area contributed by atoms with Gasteiger partial charge in [0.15, 0.2) is 11.5 Å². The molecule has 2 rings (SSSR count). The van der Waals surface area contributed by atoms with Crippen molar-refractivity contribution in [2.75, 3.05) is 21.3 Å². The van der Waals surface area contributed by atoms with E-state index in [1.807, 2.05) is 30.3 Å². The molecule has 0 amide bonds. The second kappa shape index (κ2) is 6.92. The highest BCUT2D eigenvalue weighted by molar-refractivity contribution is 5.47. The molecule has 1 atom stereocenters. The zero-order valence-corrected chi connectivity index (χ0v) is 12.3. The third-order valence-electron chi connectivity index (χ3n) is 3.21. The lowest BCUT2D eigenvalue weighted by Crippen LogP contribution is -2.29. The van der Waals surface area contributed by atoms with Crippen LogP contribution in [-0.4, -0.2) is 26.3 Å². The number of hydrogen-bond donors (Lipinski definition) is 2. The summed E-state index contributed by atoms with van der Waals surface area (Å²) in [5.74, 6) is 7.54. The minimum Gasteiger partial charge on any atom is -0.493 e. The molecule has 6 heteroatoms. The molecular weight excluding hydrogens is 270 g/mol. The Morgan fingerprint density at radius 1 is 1.05 bits per heavy atom. The van der Waals surface area contributed by atoms with E-state index in [4.69, 9.17) is 20.1 Å². The summed E-state index contributed by atoms with van der Waals surface area (Å²) in [5.41, 5.74) is 4.54. The Morgan fingerprint density at radius 2 is 1.81 bits per heavy atom. The topological polar surface area (TPSA) is 78.6 Å². The van der Waals surface area contributed by atoms with Gasteiger partial charge < -0.3 is 14.2 Å². The monoisotopic (exact) mass is 289 g/mol. The molecule has 0 radical (unpaired) electrons. The number of rotatable bonds is 6. The summed E-state index contributed by atoms with van der Waals surface area (Å²) < 4.78 is 15.9. The Hall–Kier alpha value is -2.31. The van der Waals surface area contributed by atoms with Crippen LogP contribution in [0.4, 0.5) is 0 Å². The average molecular weight is 289 g/mol. The molecule has 1 heterocycles. The highest BCUT2D eigenvalue weighted by atomic mass is 16.5. The molecule has 0 fully saturated rings. The van der Waals surface area contributed by atoms with E-state index >= 15 is 0 Å². The summed E-state index contributed by atoms with van der Waals surface area (Å²) in [6, 6.07) is 9.10. The van der Waals surface area contributed by atoms with E-state index in [0.29, 0.717) is 17.4 Å². The Kier molecular flexibility index (Phi) is 4.97. The van der Waals surface area contributed by atoms with E-state index in [2.05, 4.69) is 10.4 Å². The van der Waals surface area contributed by atoms with Crippen LogP contribution in [0.15, 0.2) is 36.5 Å². The van der Waals surface area contributed by atoms with E-state index in [1.165, 1.54) is 0 Å². The molecule has 0 bridgehead atoms. The van der Waals surface area contributed by atoms with Crippen molar-refractivity contribution in [2.24, 2.45) is 5.84 Å². The summed E-state index contributed by atoms with van der Waals surface area (Å²) in [7, 11) is 4.77.